The molecule has 90 valence electrons. The van der Waals surface area contributed by atoms with Crippen LogP contribution in [0.25, 0.3) is 0 Å². The Bertz CT molecular complexity index is 430. The summed E-state index contributed by atoms with van der Waals surface area (Å²) in [7, 11) is 0. The van der Waals surface area contributed by atoms with Gasteiger partial charge in [-0.1, -0.05) is 13.3 Å². The first kappa shape index (κ1) is 11.9. The van der Waals surface area contributed by atoms with E-state index in [0.717, 1.165) is 29.9 Å². The monoisotopic (exact) mass is 229 g/mol. The fourth-order valence-electron chi connectivity index (χ4n) is 2.08. The Kier molecular flexibility index (Phi) is 3.63. The molecule has 1 saturated carbocycles. The Hall–Kier alpha value is -1.56. The van der Waals surface area contributed by atoms with Gasteiger partial charge in [0.05, 0.1) is 5.56 Å². The molecule has 0 aliphatic heterocycles. The largest absolute Gasteiger partial charge is 0.353 e. The quantitative estimate of drug-likeness (QED) is 0.779. The van der Waals surface area contributed by atoms with Gasteiger partial charge in [-0.15, -0.1) is 0 Å². The summed E-state index contributed by atoms with van der Waals surface area (Å²) >= 11 is 0. The Morgan fingerprint density at radius 3 is 2.88 bits per heavy atom. The summed E-state index contributed by atoms with van der Waals surface area (Å²) in [5.41, 5.74) is 1.77. The molecule has 0 amide bonds. The Morgan fingerprint density at radius 2 is 2.29 bits per heavy atom. The van der Waals surface area contributed by atoms with Crippen LogP contribution in [0.5, 0.6) is 0 Å². The van der Waals surface area contributed by atoms with Gasteiger partial charge in [-0.25, -0.2) is 4.98 Å². The Balaban J connectivity index is 2.29. The molecule has 0 bridgehead atoms. The van der Waals surface area contributed by atoms with Gasteiger partial charge in [0.15, 0.2) is 0 Å². The second kappa shape index (κ2) is 5.18. The van der Waals surface area contributed by atoms with Gasteiger partial charge in [0, 0.05) is 18.8 Å². The van der Waals surface area contributed by atoms with Gasteiger partial charge in [-0.05, 0) is 37.8 Å². The summed E-state index contributed by atoms with van der Waals surface area (Å²) in [5.74, 6) is 0.892. The van der Waals surface area contributed by atoms with E-state index in [2.05, 4.69) is 22.9 Å². The average Bonchev–Trinajstić information content (AvgIpc) is 3.14. The molecule has 1 aliphatic carbocycles. The third-order valence-corrected chi connectivity index (χ3v) is 3.26. The normalized spacial score (nSPS) is 14.4. The van der Waals surface area contributed by atoms with Gasteiger partial charge >= 0.3 is 0 Å². The molecule has 0 saturated heterocycles. The molecule has 1 fully saturated rings. The van der Waals surface area contributed by atoms with Crippen molar-refractivity contribution in [1.29, 1.82) is 5.26 Å². The van der Waals surface area contributed by atoms with Crippen LogP contribution in [0.15, 0.2) is 12.3 Å². The van der Waals surface area contributed by atoms with E-state index in [0.29, 0.717) is 6.04 Å². The highest BCUT2D eigenvalue weighted by Crippen LogP contribution is 2.33. The number of anilines is 1. The van der Waals surface area contributed by atoms with Gasteiger partial charge in [-0.2, -0.15) is 5.26 Å². The fourth-order valence-corrected chi connectivity index (χ4v) is 2.08. The molecular weight excluding hydrogens is 210 g/mol. The number of unbranched alkanes of at least 4 members (excludes halogenated alkanes) is 1. The molecule has 1 aromatic rings. The minimum Gasteiger partial charge on any atom is -0.353 e. The van der Waals surface area contributed by atoms with Crippen molar-refractivity contribution in [2.24, 2.45) is 0 Å². The smallest absolute Gasteiger partial charge is 0.146 e. The fraction of sp³-hybridized carbons (Fsp3) is 0.571. The zero-order valence-corrected chi connectivity index (χ0v) is 10.6. The molecule has 3 nitrogen and oxygen atoms in total. The van der Waals surface area contributed by atoms with Crippen molar-refractivity contribution >= 4 is 5.82 Å². The first-order valence-electron chi connectivity index (χ1n) is 6.40. The number of aromatic nitrogens is 1. The van der Waals surface area contributed by atoms with E-state index in [1.807, 2.05) is 19.2 Å². The number of nitrogens with zero attached hydrogens (tertiary/aromatic N) is 3. The van der Waals surface area contributed by atoms with E-state index in [9.17, 15) is 5.26 Å². The van der Waals surface area contributed by atoms with Crippen LogP contribution in [0.4, 0.5) is 5.82 Å². The zero-order valence-electron chi connectivity index (χ0n) is 10.6. The maximum Gasteiger partial charge on any atom is 0.146 e. The minimum absolute atomic E-state index is 0.614. The van der Waals surface area contributed by atoms with Gasteiger partial charge < -0.3 is 4.90 Å². The van der Waals surface area contributed by atoms with Gasteiger partial charge in [0.2, 0.25) is 0 Å². The number of aryl methyl sites for hydroxylation is 1. The summed E-state index contributed by atoms with van der Waals surface area (Å²) in [5, 5.41) is 9.26. The van der Waals surface area contributed by atoms with Gasteiger partial charge in [-0.3, -0.25) is 0 Å². The molecule has 0 aromatic carbocycles. The van der Waals surface area contributed by atoms with Crippen LogP contribution in [0, 0.1) is 18.3 Å². The van der Waals surface area contributed by atoms with Crippen molar-refractivity contribution in [3.8, 4) is 6.07 Å². The standard InChI is InChI=1S/C14H19N3/c1-3-4-9-17(12-5-6-12)14-13(10-15)11(2)7-8-16-14/h7-8,12H,3-6,9H2,1-2H3. The van der Waals surface area contributed by atoms with Gasteiger partial charge in [0.25, 0.3) is 0 Å². The van der Waals surface area contributed by atoms with Crippen LogP contribution >= 0.6 is 0 Å². The van der Waals surface area contributed by atoms with Crippen molar-refractivity contribution in [2.45, 2.75) is 45.6 Å². The highest BCUT2D eigenvalue weighted by atomic mass is 15.2. The number of hydrogen-bond acceptors (Lipinski definition) is 3. The summed E-state index contributed by atoms with van der Waals surface area (Å²) in [6.07, 6.45) is 6.63. The molecule has 0 N–H and O–H groups in total. The number of nitriles is 1. The van der Waals surface area contributed by atoms with E-state index in [4.69, 9.17) is 0 Å². The maximum atomic E-state index is 9.26. The van der Waals surface area contributed by atoms with Crippen LogP contribution in [-0.2, 0) is 0 Å². The molecule has 0 atom stereocenters. The number of hydrogen-bond donors (Lipinski definition) is 0. The van der Waals surface area contributed by atoms with Crippen LogP contribution in [0.1, 0.15) is 43.7 Å². The second-order valence-corrected chi connectivity index (χ2v) is 4.72. The van der Waals surface area contributed by atoms with Crippen LogP contribution in [0.2, 0.25) is 0 Å². The summed E-state index contributed by atoms with van der Waals surface area (Å²) in [6.45, 7) is 5.20. The lowest BCUT2D eigenvalue weighted by Gasteiger charge is -2.24. The molecule has 3 heteroatoms. The predicted molar refractivity (Wildman–Crippen MR) is 69.0 cm³/mol. The lowest BCUT2D eigenvalue weighted by molar-refractivity contribution is 0.703. The van der Waals surface area contributed by atoms with E-state index >= 15 is 0 Å². The first-order chi connectivity index (χ1) is 8.27. The van der Waals surface area contributed by atoms with E-state index in [1.165, 1.54) is 19.3 Å². The Morgan fingerprint density at radius 1 is 1.53 bits per heavy atom. The molecule has 0 radical (unpaired) electrons. The minimum atomic E-state index is 0.614. The summed E-state index contributed by atoms with van der Waals surface area (Å²) in [6, 6.07) is 4.82. The molecular formula is C14H19N3. The summed E-state index contributed by atoms with van der Waals surface area (Å²) < 4.78 is 0. The average molecular weight is 229 g/mol. The Labute approximate surface area is 103 Å². The van der Waals surface area contributed by atoms with Crippen LogP contribution in [-0.4, -0.2) is 17.6 Å². The molecule has 1 aliphatic rings. The van der Waals surface area contributed by atoms with E-state index in [-0.39, 0.29) is 0 Å². The number of rotatable bonds is 5. The third-order valence-electron chi connectivity index (χ3n) is 3.26. The SMILES string of the molecule is CCCCN(c1nccc(C)c1C#N)C1CC1. The highest BCUT2D eigenvalue weighted by molar-refractivity contribution is 5.58. The van der Waals surface area contributed by atoms with E-state index < -0.39 is 0 Å². The molecule has 0 unspecified atom stereocenters. The van der Waals surface area contributed by atoms with Crippen molar-refractivity contribution in [2.75, 3.05) is 11.4 Å². The second-order valence-electron chi connectivity index (χ2n) is 4.72. The maximum absolute atomic E-state index is 9.26. The van der Waals surface area contributed by atoms with E-state index in [1.54, 1.807) is 0 Å². The molecule has 1 aromatic heterocycles. The lowest BCUT2D eigenvalue weighted by Crippen LogP contribution is -2.28. The highest BCUT2D eigenvalue weighted by Gasteiger charge is 2.31. The molecule has 2 rings (SSSR count). The molecule has 1 heterocycles. The van der Waals surface area contributed by atoms with Crippen molar-refractivity contribution in [1.82, 2.24) is 4.98 Å². The topological polar surface area (TPSA) is 39.9 Å². The van der Waals surface area contributed by atoms with Gasteiger partial charge in [0.1, 0.15) is 11.9 Å². The first-order valence-corrected chi connectivity index (χ1v) is 6.40. The van der Waals surface area contributed by atoms with Crippen LogP contribution in [0.3, 0.4) is 0 Å². The zero-order chi connectivity index (χ0) is 12.3. The lowest BCUT2D eigenvalue weighted by atomic mass is 10.1. The summed E-state index contributed by atoms with van der Waals surface area (Å²) in [4.78, 5) is 6.76. The molecule has 0 spiro atoms. The van der Waals surface area contributed by atoms with Crippen molar-refractivity contribution in [3.05, 3.63) is 23.4 Å². The van der Waals surface area contributed by atoms with Crippen molar-refractivity contribution < 1.29 is 0 Å². The predicted octanol–water partition coefficient (Wildman–Crippen LogP) is 3.03. The third kappa shape index (κ3) is 2.58. The van der Waals surface area contributed by atoms with Crippen molar-refractivity contribution in [3.63, 3.8) is 0 Å². The van der Waals surface area contributed by atoms with Crippen LogP contribution < -0.4 is 4.90 Å². The number of pyridine rings is 1. The molecule has 17 heavy (non-hydrogen) atoms.